The summed E-state index contributed by atoms with van der Waals surface area (Å²) < 4.78 is 5.61. The number of ether oxygens (including phenoxy) is 1. The standard InChI is InChI=1S/C15H26N2O2/c18-15(10-14-2-1-9-19-14)17(13-3-4-13)11-12-5-7-16-8-6-12/h12-14,16H,1-11H2. The first-order valence-electron chi connectivity index (χ1n) is 7.94. The summed E-state index contributed by atoms with van der Waals surface area (Å²) in [5, 5.41) is 3.40. The van der Waals surface area contributed by atoms with Crippen LogP contribution >= 0.6 is 0 Å². The Morgan fingerprint density at radius 1 is 1.16 bits per heavy atom. The molecule has 2 aliphatic heterocycles. The molecule has 4 nitrogen and oxygen atoms in total. The Morgan fingerprint density at radius 3 is 2.58 bits per heavy atom. The monoisotopic (exact) mass is 266 g/mol. The number of nitrogens with zero attached hydrogens (tertiary/aromatic N) is 1. The van der Waals surface area contributed by atoms with Crippen molar-refractivity contribution in [2.24, 2.45) is 5.92 Å². The highest BCUT2D eigenvalue weighted by atomic mass is 16.5. The van der Waals surface area contributed by atoms with E-state index >= 15 is 0 Å². The third-order valence-electron chi connectivity index (χ3n) is 4.65. The summed E-state index contributed by atoms with van der Waals surface area (Å²) in [4.78, 5) is 14.7. The van der Waals surface area contributed by atoms with Crippen molar-refractivity contribution in [3.8, 4) is 0 Å². The van der Waals surface area contributed by atoms with Crippen LogP contribution in [0.2, 0.25) is 0 Å². The molecule has 4 heteroatoms. The first-order valence-corrected chi connectivity index (χ1v) is 7.94. The Bertz CT molecular complexity index is 305. The van der Waals surface area contributed by atoms with Gasteiger partial charge in [-0.3, -0.25) is 4.79 Å². The summed E-state index contributed by atoms with van der Waals surface area (Å²) in [7, 11) is 0. The van der Waals surface area contributed by atoms with Gasteiger partial charge >= 0.3 is 0 Å². The lowest BCUT2D eigenvalue weighted by atomic mass is 9.97. The summed E-state index contributed by atoms with van der Waals surface area (Å²) in [6, 6.07) is 0.545. The van der Waals surface area contributed by atoms with E-state index in [1.807, 2.05) is 0 Å². The molecule has 1 atom stereocenters. The molecular weight excluding hydrogens is 240 g/mol. The maximum absolute atomic E-state index is 12.5. The number of amides is 1. The van der Waals surface area contributed by atoms with Crippen LogP contribution in [-0.2, 0) is 9.53 Å². The van der Waals surface area contributed by atoms with Crippen LogP contribution in [0.25, 0.3) is 0 Å². The van der Waals surface area contributed by atoms with Crippen molar-refractivity contribution in [1.29, 1.82) is 0 Å². The Morgan fingerprint density at radius 2 is 1.95 bits per heavy atom. The minimum atomic E-state index is 0.196. The highest BCUT2D eigenvalue weighted by Crippen LogP contribution is 2.30. The topological polar surface area (TPSA) is 41.6 Å². The average molecular weight is 266 g/mol. The zero-order chi connectivity index (χ0) is 13.1. The predicted molar refractivity (Wildman–Crippen MR) is 73.9 cm³/mol. The normalized spacial score (nSPS) is 28.5. The van der Waals surface area contributed by atoms with Gasteiger partial charge in [0.2, 0.25) is 5.91 Å². The van der Waals surface area contributed by atoms with E-state index < -0.39 is 0 Å². The van der Waals surface area contributed by atoms with Gasteiger partial charge in [0.1, 0.15) is 0 Å². The molecule has 0 radical (unpaired) electrons. The van der Waals surface area contributed by atoms with Crippen LogP contribution in [0.3, 0.4) is 0 Å². The summed E-state index contributed by atoms with van der Waals surface area (Å²) in [6.45, 7) is 4.06. The molecule has 2 saturated heterocycles. The lowest BCUT2D eigenvalue weighted by Crippen LogP contribution is -2.41. The molecule has 2 heterocycles. The van der Waals surface area contributed by atoms with Gasteiger partial charge in [0, 0.05) is 19.2 Å². The number of hydrogen-bond donors (Lipinski definition) is 1. The van der Waals surface area contributed by atoms with Crippen LogP contribution in [0.5, 0.6) is 0 Å². The molecule has 3 fully saturated rings. The van der Waals surface area contributed by atoms with Gasteiger partial charge in [-0.25, -0.2) is 0 Å². The molecule has 1 amide bonds. The van der Waals surface area contributed by atoms with Crippen LogP contribution in [0.4, 0.5) is 0 Å². The third-order valence-corrected chi connectivity index (χ3v) is 4.65. The molecular formula is C15H26N2O2. The molecule has 1 saturated carbocycles. The molecule has 1 N–H and O–H groups in total. The van der Waals surface area contributed by atoms with E-state index in [1.54, 1.807) is 0 Å². The molecule has 19 heavy (non-hydrogen) atoms. The Kier molecular flexibility index (Phi) is 4.38. The molecule has 108 valence electrons. The van der Waals surface area contributed by atoms with Gasteiger partial charge in [0.25, 0.3) is 0 Å². The highest BCUT2D eigenvalue weighted by Gasteiger charge is 2.35. The van der Waals surface area contributed by atoms with Crippen molar-refractivity contribution in [3.05, 3.63) is 0 Å². The van der Waals surface area contributed by atoms with Crippen LogP contribution in [0, 0.1) is 5.92 Å². The first-order chi connectivity index (χ1) is 9.33. The quantitative estimate of drug-likeness (QED) is 0.821. The number of piperidine rings is 1. The van der Waals surface area contributed by atoms with Crippen LogP contribution < -0.4 is 5.32 Å². The lowest BCUT2D eigenvalue weighted by Gasteiger charge is -2.31. The van der Waals surface area contributed by atoms with Crippen molar-refractivity contribution >= 4 is 5.91 Å². The van der Waals surface area contributed by atoms with Crippen molar-refractivity contribution in [1.82, 2.24) is 10.2 Å². The first kappa shape index (κ1) is 13.4. The average Bonchev–Trinajstić information content (AvgIpc) is 3.15. The third kappa shape index (κ3) is 3.69. The van der Waals surface area contributed by atoms with Crippen LogP contribution in [-0.4, -0.2) is 49.2 Å². The number of carbonyl (C=O) groups excluding carboxylic acids is 1. The van der Waals surface area contributed by atoms with Gasteiger partial charge in [-0.05, 0) is 57.5 Å². The lowest BCUT2D eigenvalue weighted by molar-refractivity contribution is -0.134. The van der Waals surface area contributed by atoms with Crippen molar-refractivity contribution in [2.75, 3.05) is 26.2 Å². The molecule has 0 aromatic rings. The second-order valence-electron chi connectivity index (χ2n) is 6.31. The van der Waals surface area contributed by atoms with E-state index in [-0.39, 0.29) is 6.10 Å². The second kappa shape index (κ2) is 6.23. The largest absolute Gasteiger partial charge is 0.378 e. The predicted octanol–water partition coefficient (Wildman–Crippen LogP) is 1.55. The zero-order valence-corrected chi connectivity index (χ0v) is 11.8. The van der Waals surface area contributed by atoms with Gasteiger partial charge in [0.05, 0.1) is 12.5 Å². The van der Waals surface area contributed by atoms with Crippen molar-refractivity contribution in [2.45, 2.75) is 57.1 Å². The van der Waals surface area contributed by atoms with E-state index in [9.17, 15) is 4.79 Å². The molecule has 3 aliphatic rings. The number of carbonyl (C=O) groups is 1. The highest BCUT2D eigenvalue weighted by molar-refractivity contribution is 5.77. The van der Waals surface area contributed by atoms with E-state index in [0.29, 0.717) is 24.3 Å². The Hall–Kier alpha value is -0.610. The smallest absolute Gasteiger partial charge is 0.225 e. The van der Waals surface area contributed by atoms with E-state index in [1.165, 1.54) is 25.7 Å². The molecule has 1 aliphatic carbocycles. The minimum absolute atomic E-state index is 0.196. The number of hydrogen-bond acceptors (Lipinski definition) is 3. The molecule has 1 unspecified atom stereocenters. The van der Waals surface area contributed by atoms with Gasteiger partial charge < -0.3 is 15.0 Å². The van der Waals surface area contributed by atoms with Crippen LogP contribution in [0.1, 0.15) is 44.9 Å². The fourth-order valence-electron chi connectivity index (χ4n) is 3.30. The van der Waals surface area contributed by atoms with Gasteiger partial charge in [-0.15, -0.1) is 0 Å². The van der Waals surface area contributed by atoms with E-state index in [0.717, 1.165) is 39.1 Å². The summed E-state index contributed by atoms with van der Waals surface area (Å²) in [5.74, 6) is 1.04. The summed E-state index contributed by atoms with van der Waals surface area (Å²) in [6.07, 6.45) is 7.85. The Balaban J connectivity index is 1.52. The van der Waals surface area contributed by atoms with Crippen molar-refractivity contribution < 1.29 is 9.53 Å². The summed E-state index contributed by atoms with van der Waals surface area (Å²) in [5.41, 5.74) is 0. The minimum Gasteiger partial charge on any atom is -0.378 e. The van der Waals surface area contributed by atoms with Gasteiger partial charge in [-0.2, -0.15) is 0 Å². The molecule has 0 bridgehead atoms. The van der Waals surface area contributed by atoms with Gasteiger partial charge in [0.15, 0.2) is 0 Å². The Labute approximate surface area is 115 Å². The molecule has 0 spiro atoms. The van der Waals surface area contributed by atoms with Crippen LogP contribution in [0.15, 0.2) is 0 Å². The fourth-order valence-corrected chi connectivity index (χ4v) is 3.30. The molecule has 0 aromatic carbocycles. The summed E-state index contributed by atoms with van der Waals surface area (Å²) >= 11 is 0. The zero-order valence-electron chi connectivity index (χ0n) is 11.8. The fraction of sp³-hybridized carbons (Fsp3) is 0.933. The van der Waals surface area contributed by atoms with E-state index in [4.69, 9.17) is 4.74 Å². The van der Waals surface area contributed by atoms with Crippen molar-refractivity contribution in [3.63, 3.8) is 0 Å². The number of rotatable bonds is 5. The van der Waals surface area contributed by atoms with E-state index in [2.05, 4.69) is 10.2 Å². The molecule has 0 aromatic heterocycles. The number of nitrogens with one attached hydrogen (secondary N) is 1. The second-order valence-corrected chi connectivity index (χ2v) is 6.31. The van der Waals surface area contributed by atoms with Gasteiger partial charge in [-0.1, -0.05) is 0 Å². The maximum Gasteiger partial charge on any atom is 0.225 e. The maximum atomic E-state index is 12.5. The SMILES string of the molecule is O=C(CC1CCCO1)N(CC1CCNCC1)C1CC1. The molecule has 3 rings (SSSR count).